The van der Waals surface area contributed by atoms with Crippen LogP contribution in [0.5, 0.6) is 0 Å². The minimum atomic E-state index is 1.05. The van der Waals surface area contributed by atoms with Crippen molar-refractivity contribution in [2.45, 2.75) is 58.3 Å². The Morgan fingerprint density at radius 2 is 1.17 bits per heavy atom. The molecule has 0 unspecified atom stereocenters. The van der Waals surface area contributed by atoms with Crippen molar-refractivity contribution in [3.05, 3.63) is 55.5 Å². The van der Waals surface area contributed by atoms with Gasteiger partial charge in [-0.25, -0.2) is 0 Å². The third-order valence-electron chi connectivity index (χ3n) is 2.59. The van der Waals surface area contributed by atoms with E-state index in [4.69, 9.17) is 0 Å². The summed E-state index contributed by atoms with van der Waals surface area (Å²) in [7, 11) is 0. The van der Waals surface area contributed by atoms with Crippen molar-refractivity contribution in [3.63, 3.8) is 0 Å². The van der Waals surface area contributed by atoms with Gasteiger partial charge >= 0.3 is 0 Å². The van der Waals surface area contributed by atoms with E-state index in [-0.39, 0.29) is 0 Å². The summed E-state index contributed by atoms with van der Waals surface area (Å²) in [4.78, 5) is 0. The molecular weight excluding hydrogens is 216 g/mol. The summed E-state index contributed by atoms with van der Waals surface area (Å²) in [5, 5.41) is 0. The largest absolute Gasteiger partial charge is 0.0885 e. The van der Waals surface area contributed by atoms with Gasteiger partial charge in [0, 0.05) is 0 Å². The maximum absolute atomic E-state index is 3.84. The number of allylic oxidation sites excluding steroid dienone is 8. The second kappa shape index (κ2) is 16.0. The molecule has 0 bridgehead atoms. The summed E-state index contributed by atoms with van der Waals surface area (Å²) >= 11 is 0. The van der Waals surface area contributed by atoms with E-state index in [0.29, 0.717) is 0 Å². The molecule has 0 amide bonds. The van der Waals surface area contributed by atoms with Crippen LogP contribution in [-0.2, 0) is 0 Å². The van der Waals surface area contributed by atoms with Crippen LogP contribution in [0.2, 0.25) is 0 Å². The van der Waals surface area contributed by atoms with E-state index in [0.717, 1.165) is 32.1 Å². The van der Waals surface area contributed by atoms with E-state index in [1.807, 2.05) is 0 Å². The fourth-order valence-corrected chi connectivity index (χ4v) is 1.54. The predicted octanol–water partition coefficient (Wildman–Crippen LogP) is 6.19. The molecule has 0 atom stereocenters. The minimum Gasteiger partial charge on any atom is -0.0885 e. The van der Waals surface area contributed by atoms with Gasteiger partial charge in [0.25, 0.3) is 0 Å². The van der Waals surface area contributed by atoms with Crippen molar-refractivity contribution in [1.29, 1.82) is 0 Å². The van der Waals surface area contributed by atoms with Gasteiger partial charge in [-0.3, -0.25) is 0 Å². The monoisotopic (exact) mass is 245 g/mol. The maximum Gasteiger partial charge on any atom is -0.0169 e. The molecule has 0 aromatic rings. The Morgan fingerprint density at radius 1 is 0.667 bits per heavy atom. The van der Waals surface area contributed by atoms with Gasteiger partial charge in [-0.1, -0.05) is 75.3 Å². The van der Waals surface area contributed by atoms with Gasteiger partial charge in [-0.2, -0.15) is 0 Å². The van der Waals surface area contributed by atoms with Crippen molar-refractivity contribution in [2.24, 2.45) is 0 Å². The molecule has 1 radical (unpaired) electrons. The smallest absolute Gasteiger partial charge is 0.0169 e. The van der Waals surface area contributed by atoms with Gasteiger partial charge in [0.1, 0.15) is 0 Å². The summed E-state index contributed by atoms with van der Waals surface area (Å²) < 4.78 is 0. The van der Waals surface area contributed by atoms with Crippen molar-refractivity contribution in [3.8, 4) is 0 Å². The molecule has 0 aliphatic carbocycles. The van der Waals surface area contributed by atoms with E-state index in [1.165, 1.54) is 19.3 Å². The van der Waals surface area contributed by atoms with Gasteiger partial charge < -0.3 is 0 Å². The standard InChI is InChI=1S/C18H29/c1-3-5-7-9-11-13-15-17-18-16-14-12-10-8-6-4-2/h6,8,11-14,17-18H,1,3-5,7,9-10,15-16H2,2H3/b8-6+,13-11+,14-12+,18-17+. The fraction of sp³-hybridized carbons (Fsp3) is 0.500. The second-order valence-electron chi connectivity index (χ2n) is 4.35. The van der Waals surface area contributed by atoms with Crippen LogP contribution in [0.25, 0.3) is 0 Å². The lowest BCUT2D eigenvalue weighted by Gasteiger charge is -1.90. The van der Waals surface area contributed by atoms with Crippen LogP contribution < -0.4 is 0 Å². The van der Waals surface area contributed by atoms with Gasteiger partial charge in [0.15, 0.2) is 0 Å². The predicted molar refractivity (Wildman–Crippen MR) is 84.5 cm³/mol. The second-order valence-corrected chi connectivity index (χ2v) is 4.35. The number of rotatable bonds is 11. The van der Waals surface area contributed by atoms with E-state index in [2.05, 4.69) is 62.5 Å². The first-order valence-electron chi connectivity index (χ1n) is 7.31. The SMILES string of the molecule is [CH2]CCCC/C=C/C/C=C/C/C=C/C/C=C/CC. The summed E-state index contributed by atoms with van der Waals surface area (Å²) in [5.74, 6) is 0. The van der Waals surface area contributed by atoms with E-state index in [9.17, 15) is 0 Å². The third-order valence-corrected chi connectivity index (χ3v) is 2.59. The summed E-state index contributed by atoms with van der Waals surface area (Å²) in [6, 6.07) is 0. The Morgan fingerprint density at radius 3 is 1.67 bits per heavy atom. The quantitative estimate of drug-likeness (QED) is 0.301. The molecule has 0 aromatic heterocycles. The van der Waals surface area contributed by atoms with E-state index < -0.39 is 0 Å². The topological polar surface area (TPSA) is 0 Å². The van der Waals surface area contributed by atoms with Crippen molar-refractivity contribution < 1.29 is 0 Å². The van der Waals surface area contributed by atoms with Gasteiger partial charge in [0.05, 0.1) is 0 Å². The lowest BCUT2D eigenvalue weighted by Crippen LogP contribution is -1.70. The average molecular weight is 245 g/mol. The molecule has 0 aromatic carbocycles. The third kappa shape index (κ3) is 15.0. The summed E-state index contributed by atoms with van der Waals surface area (Å²) in [6.07, 6.45) is 27.0. The lowest BCUT2D eigenvalue weighted by atomic mass is 10.2. The zero-order valence-corrected chi connectivity index (χ0v) is 12.0. The van der Waals surface area contributed by atoms with Crippen LogP contribution in [0.4, 0.5) is 0 Å². The average Bonchev–Trinajstić information content (AvgIpc) is 2.39. The number of hydrogen-bond acceptors (Lipinski definition) is 0. The van der Waals surface area contributed by atoms with Crippen molar-refractivity contribution in [2.75, 3.05) is 0 Å². The first kappa shape index (κ1) is 17.0. The summed E-state index contributed by atoms with van der Waals surface area (Å²) in [5.41, 5.74) is 0. The van der Waals surface area contributed by atoms with Crippen LogP contribution in [-0.4, -0.2) is 0 Å². The Labute approximate surface area is 114 Å². The first-order chi connectivity index (χ1) is 8.91. The molecule has 18 heavy (non-hydrogen) atoms. The van der Waals surface area contributed by atoms with Crippen LogP contribution in [0.15, 0.2) is 48.6 Å². The maximum atomic E-state index is 3.84. The van der Waals surface area contributed by atoms with Crippen LogP contribution >= 0.6 is 0 Å². The van der Waals surface area contributed by atoms with Crippen LogP contribution in [0, 0.1) is 6.92 Å². The molecule has 0 fully saturated rings. The molecule has 0 saturated carbocycles. The zero-order valence-electron chi connectivity index (χ0n) is 12.0. The molecule has 0 rings (SSSR count). The lowest BCUT2D eigenvalue weighted by molar-refractivity contribution is 0.759. The van der Waals surface area contributed by atoms with E-state index in [1.54, 1.807) is 0 Å². The summed E-state index contributed by atoms with van der Waals surface area (Å²) in [6.45, 7) is 6.00. The van der Waals surface area contributed by atoms with Crippen molar-refractivity contribution in [1.82, 2.24) is 0 Å². The molecule has 0 spiro atoms. The molecule has 0 saturated heterocycles. The van der Waals surface area contributed by atoms with Gasteiger partial charge in [0.2, 0.25) is 0 Å². The van der Waals surface area contributed by atoms with Crippen LogP contribution in [0.3, 0.4) is 0 Å². The van der Waals surface area contributed by atoms with E-state index >= 15 is 0 Å². The van der Waals surface area contributed by atoms with Crippen LogP contribution in [0.1, 0.15) is 58.3 Å². The normalized spacial score (nSPS) is 12.8. The Kier molecular flexibility index (Phi) is 15.0. The molecule has 0 heterocycles. The molecule has 101 valence electrons. The minimum absolute atomic E-state index is 1.05. The Balaban J connectivity index is 3.34. The van der Waals surface area contributed by atoms with Crippen molar-refractivity contribution >= 4 is 0 Å². The van der Waals surface area contributed by atoms with Gasteiger partial charge in [-0.15, -0.1) is 0 Å². The zero-order chi connectivity index (χ0) is 13.3. The highest BCUT2D eigenvalue weighted by Gasteiger charge is 1.80. The van der Waals surface area contributed by atoms with Gasteiger partial charge in [-0.05, 0) is 38.5 Å². The fourth-order valence-electron chi connectivity index (χ4n) is 1.54. The molecule has 0 heteroatoms. The number of hydrogen-bond donors (Lipinski definition) is 0. The Bertz CT molecular complexity index is 253. The Hall–Kier alpha value is -1.04. The molecular formula is C18H29. The highest BCUT2D eigenvalue weighted by atomic mass is 13.9. The molecule has 0 aliphatic heterocycles. The first-order valence-corrected chi connectivity index (χ1v) is 7.31. The number of unbranched alkanes of at least 4 members (excludes halogenated alkanes) is 3. The molecule has 0 N–H and O–H groups in total. The highest BCUT2D eigenvalue weighted by Crippen LogP contribution is 2.00. The molecule has 0 nitrogen and oxygen atoms in total. The molecule has 0 aliphatic rings. The highest BCUT2D eigenvalue weighted by molar-refractivity contribution is 4.99.